The molecule has 1 atom stereocenters. The van der Waals surface area contributed by atoms with Crippen LogP contribution in [0.3, 0.4) is 0 Å². The maximum atomic E-state index is 13.7. The lowest BCUT2D eigenvalue weighted by atomic mass is 10.1. The summed E-state index contributed by atoms with van der Waals surface area (Å²) in [6.45, 7) is 1.10. The Kier molecular flexibility index (Phi) is 9.73. The van der Waals surface area contributed by atoms with E-state index < -0.39 is 29.5 Å². The van der Waals surface area contributed by atoms with Gasteiger partial charge < -0.3 is 20.1 Å². The Morgan fingerprint density at radius 1 is 0.973 bits per heavy atom. The summed E-state index contributed by atoms with van der Waals surface area (Å²) in [5, 5.41) is 9.00. The number of halogens is 2. The zero-order valence-corrected chi connectivity index (χ0v) is 21.5. The molecule has 0 heterocycles. The molecule has 3 rings (SSSR count). The van der Waals surface area contributed by atoms with Crippen molar-refractivity contribution in [3.8, 4) is 11.5 Å². The van der Waals surface area contributed by atoms with Gasteiger partial charge in [-0.1, -0.05) is 24.3 Å². The molecule has 9 nitrogen and oxygen atoms in total. The molecular formula is C26H24BrFN4O5. The van der Waals surface area contributed by atoms with E-state index in [-0.39, 0.29) is 18.0 Å². The molecule has 3 aromatic rings. The third kappa shape index (κ3) is 7.87. The Morgan fingerprint density at radius 3 is 2.38 bits per heavy atom. The van der Waals surface area contributed by atoms with E-state index in [0.29, 0.717) is 21.5 Å². The molecule has 192 valence electrons. The third-order valence-electron chi connectivity index (χ3n) is 5.00. The highest BCUT2D eigenvalue weighted by atomic mass is 79.9. The van der Waals surface area contributed by atoms with Crippen molar-refractivity contribution in [2.75, 3.05) is 24.4 Å². The first-order chi connectivity index (χ1) is 17.8. The fourth-order valence-corrected chi connectivity index (χ4v) is 3.35. The van der Waals surface area contributed by atoms with Crippen LogP contribution in [0.2, 0.25) is 0 Å². The molecule has 11 heteroatoms. The number of rotatable bonds is 10. The molecule has 0 saturated carbocycles. The lowest BCUT2D eigenvalue weighted by Gasteiger charge is -2.12. The highest BCUT2D eigenvalue weighted by molar-refractivity contribution is 9.10. The van der Waals surface area contributed by atoms with Gasteiger partial charge in [0.25, 0.3) is 11.8 Å². The number of amides is 3. The number of ether oxygens (including phenoxy) is 2. The van der Waals surface area contributed by atoms with Gasteiger partial charge in [0.1, 0.15) is 11.7 Å². The number of para-hydroxylation sites is 2. The van der Waals surface area contributed by atoms with Gasteiger partial charge in [-0.05, 0) is 70.9 Å². The minimum absolute atomic E-state index is 0.0522. The predicted octanol–water partition coefficient (Wildman–Crippen LogP) is 4.34. The highest BCUT2D eigenvalue weighted by Crippen LogP contribution is 2.27. The molecule has 0 bridgehead atoms. The molecular weight excluding hydrogens is 547 g/mol. The maximum absolute atomic E-state index is 13.7. The van der Waals surface area contributed by atoms with Crippen molar-refractivity contribution in [2.45, 2.75) is 6.92 Å². The first-order valence-electron chi connectivity index (χ1n) is 11.0. The molecule has 37 heavy (non-hydrogen) atoms. The number of nitrogens with one attached hydrogen (secondary N) is 3. The molecule has 0 aromatic heterocycles. The molecule has 0 spiro atoms. The summed E-state index contributed by atoms with van der Waals surface area (Å²) < 4.78 is 25.2. The van der Waals surface area contributed by atoms with Crippen LogP contribution in [0.1, 0.15) is 12.5 Å². The van der Waals surface area contributed by atoms with E-state index in [9.17, 15) is 18.8 Å². The van der Waals surface area contributed by atoms with Gasteiger partial charge in [-0.15, -0.1) is 0 Å². The number of carbonyl (C=O) groups excluding carboxylic acids is 3. The van der Waals surface area contributed by atoms with E-state index in [1.54, 1.807) is 42.5 Å². The van der Waals surface area contributed by atoms with E-state index in [1.807, 2.05) is 6.07 Å². The topological polar surface area (TPSA) is 118 Å². The van der Waals surface area contributed by atoms with E-state index in [2.05, 4.69) is 37.1 Å². The van der Waals surface area contributed by atoms with Crippen LogP contribution in [-0.2, 0) is 14.4 Å². The van der Waals surface area contributed by atoms with Crippen molar-refractivity contribution in [2.24, 2.45) is 11.0 Å². The van der Waals surface area contributed by atoms with Crippen molar-refractivity contribution < 1.29 is 28.2 Å². The second-order valence-electron chi connectivity index (χ2n) is 7.65. The fourth-order valence-electron chi connectivity index (χ4n) is 2.97. The van der Waals surface area contributed by atoms with Gasteiger partial charge in [-0.3, -0.25) is 14.4 Å². The summed E-state index contributed by atoms with van der Waals surface area (Å²) in [5.74, 6) is -2.57. The van der Waals surface area contributed by atoms with Crippen LogP contribution >= 0.6 is 15.9 Å². The summed E-state index contributed by atoms with van der Waals surface area (Å²) >= 11 is 3.34. The number of hydrogen-bond donors (Lipinski definition) is 3. The zero-order chi connectivity index (χ0) is 26.8. The molecule has 3 N–H and O–H groups in total. The summed E-state index contributed by atoms with van der Waals surface area (Å²) in [7, 11) is 1.43. The van der Waals surface area contributed by atoms with Crippen LogP contribution in [0.4, 0.5) is 15.8 Å². The van der Waals surface area contributed by atoms with Crippen molar-refractivity contribution >= 4 is 51.2 Å². The second-order valence-corrected chi connectivity index (χ2v) is 8.51. The van der Waals surface area contributed by atoms with Gasteiger partial charge in [0, 0.05) is 4.47 Å². The van der Waals surface area contributed by atoms with E-state index in [0.717, 1.165) is 0 Å². The summed E-state index contributed by atoms with van der Waals surface area (Å²) in [4.78, 5) is 36.8. The molecule has 0 aliphatic rings. The van der Waals surface area contributed by atoms with Crippen molar-refractivity contribution in [1.29, 1.82) is 0 Å². The quantitative estimate of drug-likeness (QED) is 0.190. The maximum Gasteiger partial charge on any atom is 0.262 e. The lowest BCUT2D eigenvalue weighted by Crippen LogP contribution is -2.34. The minimum Gasteiger partial charge on any atom is -0.493 e. The van der Waals surface area contributed by atoms with Gasteiger partial charge in [-0.2, -0.15) is 5.10 Å². The van der Waals surface area contributed by atoms with Crippen LogP contribution in [0.15, 0.2) is 76.3 Å². The lowest BCUT2D eigenvalue weighted by molar-refractivity contribution is -0.131. The summed E-state index contributed by atoms with van der Waals surface area (Å²) in [6, 6.07) is 17.6. The van der Waals surface area contributed by atoms with Crippen LogP contribution in [-0.4, -0.2) is 37.7 Å². The van der Waals surface area contributed by atoms with Gasteiger partial charge in [0.2, 0.25) is 5.91 Å². The minimum atomic E-state index is -0.995. The van der Waals surface area contributed by atoms with Gasteiger partial charge >= 0.3 is 0 Å². The van der Waals surface area contributed by atoms with Crippen LogP contribution in [0.25, 0.3) is 0 Å². The Hall–Kier alpha value is -4.25. The van der Waals surface area contributed by atoms with E-state index >= 15 is 0 Å². The number of nitrogens with zero attached hydrogens (tertiary/aromatic N) is 1. The Bertz CT molecular complexity index is 1320. The second kappa shape index (κ2) is 13.2. The Balaban J connectivity index is 1.53. The van der Waals surface area contributed by atoms with Crippen molar-refractivity contribution in [3.63, 3.8) is 0 Å². The number of hydrogen-bond acceptors (Lipinski definition) is 6. The molecule has 3 amide bonds. The first-order valence-corrected chi connectivity index (χ1v) is 11.8. The number of benzene rings is 3. The Morgan fingerprint density at radius 2 is 1.68 bits per heavy atom. The highest BCUT2D eigenvalue weighted by Gasteiger charge is 2.21. The van der Waals surface area contributed by atoms with Crippen LogP contribution < -0.4 is 25.5 Å². The fraction of sp³-hybridized carbons (Fsp3) is 0.154. The Labute approximate surface area is 221 Å². The average Bonchev–Trinajstić information content (AvgIpc) is 2.89. The number of anilines is 2. The summed E-state index contributed by atoms with van der Waals surface area (Å²) in [5.41, 5.74) is 3.50. The summed E-state index contributed by atoms with van der Waals surface area (Å²) in [6.07, 6.45) is 1.37. The molecule has 3 aromatic carbocycles. The monoisotopic (exact) mass is 570 g/mol. The van der Waals surface area contributed by atoms with Gasteiger partial charge in [0.15, 0.2) is 18.1 Å². The zero-order valence-electron chi connectivity index (χ0n) is 20.0. The van der Waals surface area contributed by atoms with E-state index in [1.165, 1.54) is 38.4 Å². The molecule has 0 radical (unpaired) electrons. The molecule has 0 saturated heterocycles. The van der Waals surface area contributed by atoms with Gasteiger partial charge in [-0.25, -0.2) is 9.82 Å². The number of carbonyl (C=O) groups is 3. The van der Waals surface area contributed by atoms with Crippen molar-refractivity contribution in [3.05, 3.63) is 82.6 Å². The normalized spacial score (nSPS) is 11.5. The largest absolute Gasteiger partial charge is 0.493 e. The first kappa shape index (κ1) is 27.3. The smallest absolute Gasteiger partial charge is 0.262 e. The molecule has 0 fully saturated rings. The molecule has 1 unspecified atom stereocenters. The SMILES string of the molecule is COc1cc(C=NNC(=O)C(C)C(=O)Nc2ccccc2Br)ccc1OCC(=O)Nc1ccccc1F. The molecule has 0 aliphatic carbocycles. The third-order valence-corrected chi connectivity index (χ3v) is 5.69. The molecule has 0 aliphatic heterocycles. The standard InChI is InChI=1S/C26H24BrFN4O5/c1-16(25(34)31-20-9-5-3-7-18(20)27)26(35)32-29-14-17-11-12-22(23(13-17)36-2)37-15-24(33)30-21-10-6-4-8-19(21)28/h3-14,16H,15H2,1-2H3,(H,30,33)(H,31,34)(H,32,35). The van der Waals surface area contributed by atoms with Crippen LogP contribution in [0, 0.1) is 11.7 Å². The predicted molar refractivity (Wildman–Crippen MR) is 141 cm³/mol. The number of methoxy groups -OCH3 is 1. The van der Waals surface area contributed by atoms with Crippen molar-refractivity contribution in [1.82, 2.24) is 5.43 Å². The average molecular weight is 571 g/mol. The van der Waals surface area contributed by atoms with E-state index in [4.69, 9.17) is 9.47 Å². The number of hydrazone groups is 1. The van der Waals surface area contributed by atoms with Gasteiger partial charge in [0.05, 0.1) is 24.7 Å². The van der Waals surface area contributed by atoms with Crippen LogP contribution in [0.5, 0.6) is 11.5 Å².